The summed E-state index contributed by atoms with van der Waals surface area (Å²) in [5, 5.41) is 18.1. The van der Waals surface area contributed by atoms with Crippen LogP contribution in [0.25, 0.3) is 0 Å². The van der Waals surface area contributed by atoms with Gasteiger partial charge in [0.1, 0.15) is 11.9 Å². The molecule has 0 radical (unpaired) electrons. The van der Waals surface area contributed by atoms with Crippen molar-refractivity contribution in [3.8, 4) is 0 Å². The van der Waals surface area contributed by atoms with Crippen molar-refractivity contribution in [2.75, 3.05) is 12.3 Å². The minimum absolute atomic E-state index is 0.114. The van der Waals surface area contributed by atoms with Crippen LogP contribution in [0.15, 0.2) is 17.1 Å². The largest absolute Gasteiger partial charge is 0.394 e. The van der Waals surface area contributed by atoms with Crippen LogP contribution in [0, 0.1) is 0 Å². The third-order valence-electron chi connectivity index (χ3n) is 2.66. The molecule has 3 unspecified atom stereocenters. The summed E-state index contributed by atoms with van der Waals surface area (Å²) in [5.74, 6) is -3.83. The first-order chi connectivity index (χ1) is 10.4. The van der Waals surface area contributed by atoms with Gasteiger partial charge < -0.3 is 20.7 Å². The molecule has 0 spiro atoms. The zero-order valence-corrected chi connectivity index (χ0v) is 13.0. The van der Waals surface area contributed by atoms with Gasteiger partial charge in [0.15, 0.2) is 6.10 Å². The second-order valence-electron chi connectivity index (χ2n) is 3.87. The van der Waals surface area contributed by atoms with Gasteiger partial charge in [-0.3, -0.25) is 4.57 Å². The lowest BCUT2D eigenvalue weighted by atomic mass is 10.1. The van der Waals surface area contributed by atoms with Crippen molar-refractivity contribution < 1.29 is 23.7 Å². The number of ether oxygens (including phenoxy) is 1. The fourth-order valence-electron chi connectivity index (χ4n) is 1.72. The molecule has 1 aromatic heterocycles. The van der Waals surface area contributed by atoms with Gasteiger partial charge >= 0.3 is 11.6 Å². The summed E-state index contributed by atoms with van der Waals surface area (Å²) in [6.07, 6.45) is -4.69. The van der Waals surface area contributed by atoms with Crippen molar-refractivity contribution in [1.29, 1.82) is 0 Å². The number of aliphatic hydroxyl groups excluding tert-OH is 2. The van der Waals surface area contributed by atoms with Gasteiger partial charge in [0.05, 0.1) is 6.61 Å². The quantitative estimate of drug-likeness (QED) is 0.741. The summed E-state index contributed by atoms with van der Waals surface area (Å²) in [5.41, 5.74) is 4.21. The SMILES string of the molecule is CC.CC.Nc1ccn(C2OC(CO)C(O)C2(F)F)c(=O)n1. The van der Waals surface area contributed by atoms with E-state index in [1.807, 2.05) is 27.7 Å². The molecule has 3 atom stereocenters. The number of aliphatic hydroxyl groups is 2. The first-order valence-electron chi connectivity index (χ1n) is 7.04. The number of nitrogens with zero attached hydrogens (tertiary/aromatic N) is 2. The van der Waals surface area contributed by atoms with Gasteiger partial charge in [-0.2, -0.15) is 13.8 Å². The van der Waals surface area contributed by atoms with Crippen LogP contribution in [0.1, 0.15) is 33.9 Å². The topological polar surface area (TPSA) is 111 Å². The second kappa shape index (κ2) is 8.76. The molecule has 1 saturated heterocycles. The monoisotopic (exact) mass is 323 g/mol. The molecule has 0 aliphatic carbocycles. The lowest BCUT2D eigenvalue weighted by Gasteiger charge is -2.20. The molecule has 128 valence electrons. The average Bonchev–Trinajstić information content (AvgIpc) is 2.74. The summed E-state index contributed by atoms with van der Waals surface area (Å²) >= 11 is 0. The fourth-order valence-corrected chi connectivity index (χ4v) is 1.72. The van der Waals surface area contributed by atoms with Crippen molar-refractivity contribution in [3.63, 3.8) is 0 Å². The maximum Gasteiger partial charge on any atom is 0.351 e. The number of rotatable bonds is 2. The normalized spacial score (nSPS) is 25.5. The first-order valence-corrected chi connectivity index (χ1v) is 7.04. The Morgan fingerprint density at radius 3 is 2.36 bits per heavy atom. The molecule has 0 amide bonds. The molecule has 7 nitrogen and oxygen atoms in total. The molecule has 0 aromatic carbocycles. The summed E-state index contributed by atoms with van der Waals surface area (Å²) in [4.78, 5) is 14.7. The van der Waals surface area contributed by atoms with Crippen molar-refractivity contribution in [2.45, 2.75) is 52.1 Å². The summed E-state index contributed by atoms with van der Waals surface area (Å²) < 4.78 is 32.7. The average molecular weight is 323 g/mol. The third kappa shape index (κ3) is 3.99. The predicted molar refractivity (Wildman–Crippen MR) is 77.6 cm³/mol. The smallest absolute Gasteiger partial charge is 0.351 e. The van der Waals surface area contributed by atoms with Gasteiger partial charge in [-0.15, -0.1) is 0 Å². The number of hydrogen-bond donors (Lipinski definition) is 3. The maximum absolute atomic E-state index is 13.7. The second-order valence-corrected chi connectivity index (χ2v) is 3.87. The Bertz CT molecular complexity index is 510. The highest BCUT2D eigenvalue weighted by Gasteiger charge is 2.59. The number of hydrogen-bond acceptors (Lipinski definition) is 6. The van der Waals surface area contributed by atoms with E-state index >= 15 is 0 Å². The summed E-state index contributed by atoms with van der Waals surface area (Å²) in [6, 6.07) is 1.15. The number of nitrogens with two attached hydrogens (primary N) is 1. The van der Waals surface area contributed by atoms with Crippen LogP contribution in [0.2, 0.25) is 0 Å². The minimum Gasteiger partial charge on any atom is -0.394 e. The van der Waals surface area contributed by atoms with E-state index in [-0.39, 0.29) is 5.82 Å². The lowest BCUT2D eigenvalue weighted by molar-refractivity contribution is -0.140. The molecular formula is C13H23F2N3O4. The molecule has 0 bridgehead atoms. The standard InChI is InChI=1S/C9H11F2N3O4.2C2H6/c10-9(11)6(16)4(3-15)18-7(9)14-2-1-5(12)13-8(14)17;2*1-2/h1-2,4,6-7,15-16H,3H2,(H2,12,13,17);2*1-2H3. The molecule has 1 aromatic rings. The third-order valence-corrected chi connectivity index (χ3v) is 2.66. The van der Waals surface area contributed by atoms with E-state index < -0.39 is 36.7 Å². The Hall–Kier alpha value is -1.58. The lowest BCUT2D eigenvalue weighted by Crippen LogP contribution is -2.41. The van der Waals surface area contributed by atoms with Crippen LogP contribution < -0.4 is 11.4 Å². The van der Waals surface area contributed by atoms with Crippen LogP contribution in [-0.4, -0.2) is 44.5 Å². The van der Waals surface area contributed by atoms with Crippen molar-refractivity contribution in [1.82, 2.24) is 9.55 Å². The van der Waals surface area contributed by atoms with Crippen LogP contribution >= 0.6 is 0 Å². The highest BCUT2D eigenvalue weighted by Crippen LogP contribution is 2.41. The molecular weight excluding hydrogens is 300 g/mol. The molecule has 1 aliphatic heterocycles. The Morgan fingerprint density at radius 2 is 1.95 bits per heavy atom. The number of nitrogen functional groups attached to an aromatic ring is 1. The van der Waals surface area contributed by atoms with E-state index in [9.17, 15) is 18.7 Å². The van der Waals surface area contributed by atoms with Crippen molar-refractivity contribution in [2.24, 2.45) is 0 Å². The number of alkyl halides is 2. The molecule has 1 fully saturated rings. The van der Waals surface area contributed by atoms with Gasteiger partial charge in [-0.1, -0.05) is 27.7 Å². The molecule has 4 N–H and O–H groups in total. The van der Waals surface area contributed by atoms with E-state index in [1.54, 1.807) is 0 Å². The van der Waals surface area contributed by atoms with Gasteiger partial charge in [-0.25, -0.2) is 4.79 Å². The zero-order chi connectivity index (χ0) is 17.5. The number of anilines is 1. The van der Waals surface area contributed by atoms with Gasteiger partial charge in [0, 0.05) is 6.20 Å². The van der Waals surface area contributed by atoms with Crippen molar-refractivity contribution in [3.05, 3.63) is 22.7 Å². The Balaban J connectivity index is 0.00000102. The first kappa shape index (κ1) is 20.4. The minimum atomic E-state index is -3.71. The summed E-state index contributed by atoms with van der Waals surface area (Å²) in [7, 11) is 0. The van der Waals surface area contributed by atoms with E-state index in [2.05, 4.69) is 4.98 Å². The Labute approximate surface area is 127 Å². The summed E-state index contributed by atoms with van der Waals surface area (Å²) in [6.45, 7) is 7.21. The van der Waals surface area contributed by atoms with Gasteiger partial charge in [-0.05, 0) is 6.07 Å². The Kier molecular flexibility index (Phi) is 8.13. The highest BCUT2D eigenvalue weighted by molar-refractivity contribution is 5.23. The number of aromatic nitrogens is 2. The van der Waals surface area contributed by atoms with E-state index in [4.69, 9.17) is 15.6 Å². The molecule has 2 rings (SSSR count). The molecule has 2 heterocycles. The molecule has 22 heavy (non-hydrogen) atoms. The predicted octanol–water partition coefficient (Wildman–Crippen LogP) is 0.764. The molecule has 0 saturated carbocycles. The maximum atomic E-state index is 13.7. The highest BCUT2D eigenvalue weighted by atomic mass is 19.3. The van der Waals surface area contributed by atoms with Crippen LogP contribution in [-0.2, 0) is 4.74 Å². The van der Waals surface area contributed by atoms with Crippen molar-refractivity contribution >= 4 is 5.82 Å². The van der Waals surface area contributed by atoms with Crippen LogP contribution in [0.4, 0.5) is 14.6 Å². The van der Waals surface area contributed by atoms with E-state index in [0.717, 1.165) is 12.3 Å². The fraction of sp³-hybridized carbons (Fsp3) is 0.692. The molecule has 1 aliphatic rings. The van der Waals surface area contributed by atoms with E-state index in [1.165, 1.54) is 0 Å². The Morgan fingerprint density at radius 1 is 1.41 bits per heavy atom. The van der Waals surface area contributed by atoms with Gasteiger partial charge in [0.2, 0.25) is 6.23 Å². The van der Waals surface area contributed by atoms with Crippen LogP contribution in [0.3, 0.4) is 0 Å². The van der Waals surface area contributed by atoms with Gasteiger partial charge in [0.25, 0.3) is 0 Å². The van der Waals surface area contributed by atoms with E-state index in [0.29, 0.717) is 4.57 Å². The van der Waals surface area contributed by atoms with Crippen LogP contribution in [0.5, 0.6) is 0 Å². The zero-order valence-electron chi connectivity index (χ0n) is 13.0. The molecule has 9 heteroatoms. The number of halogens is 2.